The van der Waals surface area contributed by atoms with E-state index in [0.717, 1.165) is 30.6 Å². The van der Waals surface area contributed by atoms with Gasteiger partial charge in [0.15, 0.2) is 0 Å². The van der Waals surface area contributed by atoms with Crippen LogP contribution in [0.5, 0.6) is 5.75 Å². The first-order chi connectivity index (χ1) is 19.2. The molecule has 8 nitrogen and oxygen atoms in total. The fourth-order valence-corrected chi connectivity index (χ4v) is 5.98. The summed E-state index contributed by atoms with van der Waals surface area (Å²) in [5.74, 6) is -1.09. The van der Waals surface area contributed by atoms with Gasteiger partial charge in [0.1, 0.15) is 11.8 Å². The Morgan fingerprint density at radius 1 is 1.07 bits per heavy atom. The van der Waals surface area contributed by atoms with E-state index in [1.807, 2.05) is 17.5 Å². The van der Waals surface area contributed by atoms with Crippen LogP contribution >= 0.6 is 11.3 Å². The van der Waals surface area contributed by atoms with Crippen molar-refractivity contribution >= 4 is 34.7 Å². The molecule has 2 fully saturated rings. The molecule has 2 aromatic rings. The van der Waals surface area contributed by atoms with Gasteiger partial charge < -0.3 is 25.6 Å². The first-order valence-electron chi connectivity index (χ1n) is 13.6. The van der Waals surface area contributed by atoms with Gasteiger partial charge in [0.25, 0.3) is 0 Å². The largest absolute Gasteiger partial charge is 0.573 e. The summed E-state index contributed by atoms with van der Waals surface area (Å²) < 4.78 is 40.9. The highest BCUT2D eigenvalue weighted by Crippen LogP contribution is 2.28. The highest BCUT2D eigenvalue weighted by molar-refractivity contribution is 7.09. The van der Waals surface area contributed by atoms with E-state index in [-0.39, 0.29) is 36.4 Å². The molecule has 1 aromatic carbocycles. The SMILES string of the molecule is O=C(N[C@@H](CC1CCCCC1)C(=O)NCCNc1ccc(OC(F)(F)F)cc1)C1CC(=O)N(Cc2cccs2)C1. The average molecular weight is 581 g/mol. The average Bonchev–Trinajstić information content (AvgIpc) is 3.57. The molecule has 4 rings (SSSR count). The van der Waals surface area contributed by atoms with Crippen LogP contribution in [-0.2, 0) is 20.9 Å². The monoisotopic (exact) mass is 580 g/mol. The van der Waals surface area contributed by atoms with Gasteiger partial charge in [-0.3, -0.25) is 14.4 Å². The van der Waals surface area contributed by atoms with Crippen LogP contribution in [0.3, 0.4) is 0 Å². The van der Waals surface area contributed by atoms with Crippen molar-refractivity contribution in [2.24, 2.45) is 11.8 Å². The minimum atomic E-state index is -4.75. The molecule has 12 heteroatoms. The molecular weight excluding hydrogens is 545 g/mol. The zero-order chi connectivity index (χ0) is 28.5. The second-order valence-corrected chi connectivity index (χ2v) is 11.4. The number of nitrogens with zero attached hydrogens (tertiary/aromatic N) is 1. The number of benzene rings is 1. The highest BCUT2D eigenvalue weighted by atomic mass is 32.1. The molecule has 0 radical (unpaired) electrons. The molecule has 1 aliphatic heterocycles. The minimum absolute atomic E-state index is 0.0640. The van der Waals surface area contributed by atoms with Crippen LogP contribution in [0.25, 0.3) is 0 Å². The molecule has 1 saturated heterocycles. The van der Waals surface area contributed by atoms with Gasteiger partial charge in [0.2, 0.25) is 17.7 Å². The molecule has 1 aliphatic carbocycles. The van der Waals surface area contributed by atoms with Gasteiger partial charge in [-0.15, -0.1) is 24.5 Å². The van der Waals surface area contributed by atoms with Crippen LogP contribution in [0.4, 0.5) is 18.9 Å². The fourth-order valence-electron chi connectivity index (χ4n) is 5.26. The van der Waals surface area contributed by atoms with Crippen LogP contribution in [0, 0.1) is 11.8 Å². The van der Waals surface area contributed by atoms with Crippen LogP contribution < -0.4 is 20.7 Å². The summed E-state index contributed by atoms with van der Waals surface area (Å²) in [6.45, 7) is 1.41. The third-order valence-electron chi connectivity index (χ3n) is 7.28. The molecular formula is C28H35F3N4O4S. The summed E-state index contributed by atoms with van der Waals surface area (Å²) in [5.41, 5.74) is 0.578. The Balaban J connectivity index is 1.27. The number of ether oxygens (including phenoxy) is 1. The summed E-state index contributed by atoms with van der Waals surface area (Å²) in [6.07, 6.45) is 1.37. The number of carbonyl (C=O) groups excluding carboxylic acids is 3. The molecule has 3 amide bonds. The van der Waals surface area contributed by atoms with Crippen molar-refractivity contribution in [2.75, 3.05) is 25.0 Å². The maximum Gasteiger partial charge on any atom is 0.573 e. The summed E-state index contributed by atoms with van der Waals surface area (Å²) >= 11 is 1.57. The number of hydrogen-bond acceptors (Lipinski definition) is 6. The quantitative estimate of drug-likeness (QED) is 0.317. The topological polar surface area (TPSA) is 99.8 Å². The normalized spacial score (nSPS) is 18.8. The number of alkyl halides is 3. The number of anilines is 1. The van der Waals surface area contributed by atoms with Crippen molar-refractivity contribution in [1.82, 2.24) is 15.5 Å². The Kier molecular flexibility index (Phi) is 10.3. The number of halogens is 3. The van der Waals surface area contributed by atoms with Crippen LogP contribution in [-0.4, -0.2) is 54.7 Å². The van der Waals surface area contributed by atoms with E-state index in [1.54, 1.807) is 16.2 Å². The molecule has 1 unspecified atom stereocenters. The van der Waals surface area contributed by atoms with Crippen LogP contribution in [0.2, 0.25) is 0 Å². The Morgan fingerprint density at radius 2 is 1.82 bits per heavy atom. The number of rotatable bonds is 12. The van der Waals surface area contributed by atoms with Crippen LogP contribution in [0.15, 0.2) is 41.8 Å². The Hall–Kier alpha value is -3.28. The number of thiophene rings is 1. The fraction of sp³-hybridized carbons (Fsp3) is 0.536. The Bertz CT molecular complexity index is 1120. The number of likely N-dealkylation sites (tertiary alicyclic amines) is 1. The lowest BCUT2D eigenvalue weighted by Gasteiger charge is -2.27. The lowest BCUT2D eigenvalue weighted by molar-refractivity contribution is -0.274. The molecule has 3 N–H and O–H groups in total. The van der Waals surface area contributed by atoms with Gasteiger partial charge in [-0.1, -0.05) is 38.2 Å². The Labute approximate surface area is 235 Å². The Morgan fingerprint density at radius 3 is 2.50 bits per heavy atom. The van der Waals surface area contributed by atoms with Gasteiger partial charge in [-0.25, -0.2) is 0 Å². The minimum Gasteiger partial charge on any atom is -0.406 e. The molecule has 0 spiro atoms. The van der Waals surface area contributed by atoms with E-state index in [9.17, 15) is 27.6 Å². The maximum absolute atomic E-state index is 13.2. The number of carbonyl (C=O) groups is 3. The molecule has 218 valence electrons. The molecule has 40 heavy (non-hydrogen) atoms. The predicted molar refractivity (Wildman–Crippen MR) is 146 cm³/mol. The number of amides is 3. The zero-order valence-corrected chi connectivity index (χ0v) is 23.0. The van der Waals surface area contributed by atoms with Gasteiger partial charge in [0.05, 0.1) is 12.5 Å². The van der Waals surface area contributed by atoms with E-state index in [2.05, 4.69) is 20.7 Å². The maximum atomic E-state index is 13.2. The summed E-state index contributed by atoms with van der Waals surface area (Å²) in [6, 6.07) is 8.52. The van der Waals surface area contributed by atoms with E-state index < -0.39 is 18.3 Å². The van der Waals surface area contributed by atoms with Crippen LogP contribution in [0.1, 0.15) is 49.8 Å². The standard InChI is InChI=1S/C28H35F3N4O4S/c29-28(30,31)39-22-10-8-21(9-11-22)32-12-13-33-27(38)24(15-19-5-2-1-3-6-19)34-26(37)20-16-25(36)35(17-20)18-23-7-4-14-40-23/h4,7-11,14,19-20,24,32H,1-3,5-6,12-13,15-18H2,(H,33,38)(H,34,37)/t20?,24-/m0/s1. The molecule has 1 aromatic heterocycles. The van der Waals surface area contributed by atoms with Crippen molar-refractivity contribution in [3.05, 3.63) is 46.7 Å². The molecule has 1 saturated carbocycles. The van der Waals surface area contributed by atoms with Gasteiger partial charge in [-0.2, -0.15) is 0 Å². The van der Waals surface area contributed by atoms with Crippen molar-refractivity contribution in [1.29, 1.82) is 0 Å². The zero-order valence-electron chi connectivity index (χ0n) is 22.2. The summed E-state index contributed by atoms with van der Waals surface area (Å²) in [7, 11) is 0. The van der Waals surface area contributed by atoms with Crippen molar-refractivity contribution in [3.63, 3.8) is 0 Å². The molecule has 0 bridgehead atoms. The lowest BCUT2D eigenvalue weighted by Crippen LogP contribution is -2.50. The van der Waals surface area contributed by atoms with Crippen molar-refractivity contribution in [3.8, 4) is 5.75 Å². The van der Waals surface area contributed by atoms with Crippen molar-refractivity contribution in [2.45, 2.75) is 63.9 Å². The van der Waals surface area contributed by atoms with Crippen molar-refractivity contribution < 1.29 is 32.3 Å². The highest BCUT2D eigenvalue weighted by Gasteiger charge is 2.36. The first kappa shape index (κ1) is 29.7. The number of hydrogen-bond donors (Lipinski definition) is 3. The van der Waals surface area contributed by atoms with Gasteiger partial charge in [-0.05, 0) is 48.1 Å². The smallest absolute Gasteiger partial charge is 0.406 e. The molecule has 2 atom stereocenters. The number of nitrogens with one attached hydrogen (secondary N) is 3. The lowest BCUT2D eigenvalue weighted by atomic mass is 9.84. The third-order valence-corrected chi connectivity index (χ3v) is 8.14. The molecule has 2 aliphatic rings. The van der Waals surface area contributed by atoms with E-state index in [0.29, 0.717) is 37.7 Å². The summed E-state index contributed by atoms with van der Waals surface area (Å²) in [5, 5.41) is 10.8. The second-order valence-electron chi connectivity index (χ2n) is 10.3. The van der Waals surface area contributed by atoms with E-state index in [4.69, 9.17) is 0 Å². The summed E-state index contributed by atoms with van der Waals surface area (Å²) in [4.78, 5) is 41.6. The predicted octanol–water partition coefficient (Wildman–Crippen LogP) is 4.68. The van der Waals surface area contributed by atoms with E-state index >= 15 is 0 Å². The third kappa shape index (κ3) is 9.14. The second kappa shape index (κ2) is 13.9. The van der Waals surface area contributed by atoms with Gasteiger partial charge in [0, 0.05) is 36.6 Å². The van der Waals surface area contributed by atoms with Gasteiger partial charge >= 0.3 is 6.36 Å². The first-order valence-corrected chi connectivity index (χ1v) is 14.5. The molecule has 2 heterocycles. The van der Waals surface area contributed by atoms with E-state index in [1.165, 1.54) is 30.7 Å².